The Hall–Kier alpha value is -7.17. The molecule has 0 amide bonds. The average molecular weight is 999 g/mol. The van der Waals surface area contributed by atoms with Gasteiger partial charge in [-0.05, 0) is 82.8 Å². The molecule has 0 aliphatic carbocycles. The molecule has 6 nitrogen and oxygen atoms in total. The number of nitrogens with zero attached hydrogens (tertiary/aromatic N) is 4. The van der Waals surface area contributed by atoms with Crippen molar-refractivity contribution in [1.29, 1.82) is 5.26 Å². The largest absolute Gasteiger partial charge is 0.500 e. The smallest absolute Gasteiger partial charge is 0.140 e. The van der Waals surface area contributed by atoms with Crippen LogP contribution in [0.25, 0.3) is 94.4 Å². The molecule has 0 bridgehead atoms. The second kappa shape index (κ2) is 16.9. The van der Waals surface area contributed by atoms with Gasteiger partial charge in [0, 0.05) is 59.5 Å². The number of imidazole rings is 1. The molecule has 1 radical (unpaired) electrons. The van der Waals surface area contributed by atoms with Gasteiger partial charge in [0.05, 0.1) is 34.1 Å². The Morgan fingerprint density at radius 2 is 1.38 bits per heavy atom. The number of furan rings is 2. The van der Waals surface area contributed by atoms with E-state index in [4.69, 9.17) is 13.8 Å². The zero-order chi connectivity index (χ0) is 42.5. The maximum atomic E-state index is 13.2. The Bertz CT molecular complexity index is 3510. The summed E-state index contributed by atoms with van der Waals surface area (Å²) >= 11 is 0. The van der Waals surface area contributed by atoms with E-state index in [1.54, 1.807) is 36.5 Å². The normalized spacial score (nSPS) is 11.4. The van der Waals surface area contributed by atoms with Crippen molar-refractivity contribution in [2.75, 3.05) is 0 Å². The zero-order valence-corrected chi connectivity index (χ0v) is 37.3. The fourth-order valence-corrected chi connectivity index (χ4v) is 8.50. The van der Waals surface area contributed by atoms with Crippen molar-refractivity contribution < 1.29 is 33.3 Å². The van der Waals surface area contributed by atoms with E-state index < -0.39 is 0 Å². The van der Waals surface area contributed by atoms with E-state index in [1.807, 2.05) is 42.5 Å². The van der Waals surface area contributed by atoms with Crippen molar-refractivity contribution in [3.63, 3.8) is 0 Å². The second-order valence-electron chi connectivity index (χ2n) is 16.0. The standard InChI is InChI=1S/C44H32N3O2.C11H7FN.Ir/c1-25(2)34-23-35-31-20-18-29(28-11-6-5-7-12-28)22-39(31)49-43(35)40(26(3)4)41(34)47-37-16-9-8-15-36(37)46-44(47)33-14-10-13-32-30-19-17-27(24-45)21-38(30)48-42(32)33;12-10-6-2-1-5-9(10)11-7-3-4-8-13-11;/h5-13,15-23,25-26H,1-4H3;1-4,6-8H;/q2*-1;. The van der Waals surface area contributed by atoms with Gasteiger partial charge in [-0.1, -0.05) is 111 Å². The van der Waals surface area contributed by atoms with Crippen LogP contribution in [0.1, 0.15) is 56.2 Å². The van der Waals surface area contributed by atoms with Gasteiger partial charge in [0.15, 0.2) is 0 Å². The molecule has 0 saturated carbocycles. The van der Waals surface area contributed by atoms with Gasteiger partial charge in [0.2, 0.25) is 0 Å². The van der Waals surface area contributed by atoms with Gasteiger partial charge in [0.1, 0.15) is 16.7 Å². The number of fused-ring (bicyclic) bond motifs is 7. The van der Waals surface area contributed by atoms with Gasteiger partial charge in [-0.25, -0.2) is 0 Å². The SMILES string of the molecule is CC(C)c1cc2c(oc3cc(-c4ccccc4)ccc32)c(C(C)C)c1-n1c(-c2[c-]ccc3c2oc2cc(C#N)ccc23)nc2ccccc21.Fc1ccc[c-]c1-c1ccccn1.[Ir]. The minimum absolute atomic E-state index is 0. The van der Waals surface area contributed by atoms with Crippen LogP contribution >= 0.6 is 0 Å². The van der Waals surface area contributed by atoms with E-state index in [0.717, 1.165) is 77.5 Å². The first kappa shape index (κ1) is 41.2. The van der Waals surface area contributed by atoms with E-state index >= 15 is 0 Å². The molecular weight excluding hydrogens is 960 g/mol. The maximum absolute atomic E-state index is 13.2. The average Bonchev–Trinajstić information content (AvgIpc) is 4.00. The van der Waals surface area contributed by atoms with E-state index in [0.29, 0.717) is 28.0 Å². The summed E-state index contributed by atoms with van der Waals surface area (Å²) in [5.41, 5.74) is 13.1. The van der Waals surface area contributed by atoms with Gasteiger partial charge in [-0.3, -0.25) is 9.37 Å². The summed E-state index contributed by atoms with van der Waals surface area (Å²) in [7, 11) is 0. The first-order chi connectivity index (χ1) is 30.3. The molecule has 0 aliphatic heterocycles. The molecule has 11 rings (SSSR count). The molecule has 7 aromatic carbocycles. The van der Waals surface area contributed by atoms with Crippen LogP contribution in [0.3, 0.4) is 0 Å². The van der Waals surface area contributed by atoms with E-state index in [1.165, 1.54) is 11.6 Å². The van der Waals surface area contributed by atoms with Crippen LogP contribution in [0.2, 0.25) is 0 Å². The van der Waals surface area contributed by atoms with Crippen LogP contribution in [-0.2, 0) is 20.1 Å². The Labute approximate surface area is 377 Å². The number of aromatic nitrogens is 3. The van der Waals surface area contributed by atoms with Gasteiger partial charge >= 0.3 is 0 Å². The third-order valence-corrected chi connectivity index (χ3v) is 11.4. The number of hydrogen-bond donors (Lipinski definition) is 0. The summed E-state index contributed by atoms with van der Waals surface area (Å²) < 4.78 is 28.9. The van der Waals surface area contributed by atoms with Crippen LogP contribution in [0.15, 0.2) is 161 Å². The molecule has 0 fully saturated rings. The molecule has 0 spiro atoms. The fourth-order valence-electron chi connectivity index (χ4n) is 8.50. The number of rotatable bonds is 6. The molecule has 309 valence electrons. The number of para-hydroxylation sites is 2. The van der Waals surface area contributed by atoms with Crippen LogP contribution in [0, 0.1) is 29.3 Å². The zero-order valence-electron chi connectivity index (χ0n) is 34.9. The number of benzene rings is 7. The van der Waals surface area contributed by atoms with Crippen molar-refractivity contribution in [3.05, 3.63) is 186 Å². The Morgan fingerprint density at radius 3 is 2.14 bits per heavy atom. The summed E-state index contributed by atoms with van der Waals surface area (Å²) in [5, 5.41) is 13.7. The van der Waals surface area contributed by atoms with E-state index in [-0.39, 0.29) is 37.8 Å². The quantitative estimate of drug-likeness (QED) is 0.155. The second-order valence-corrected chi connectivity index (χ2v) is 16.0. The van der Waals surface area contributed by atoms with E-state index in [9.17, 15) is 9.65 Å². The monoisotopic (exact) mass is 999 g/mol. The molecule has 11 aromatic rings. The van der Waals surface area contributed by atoms with E-state index in [2.05, 4.69) is 122 Å². The molecule has 0 saturated heterocycles. The molecule has 8 heteroatoms. The van der Waals surface area contributed by atoms with Crippen LogP contribution in [-0.4, -0.2) is 14.5 Å². The number of halogens is 1. The van der Waals surface area contributed by atoms with Crippen molar-refractivity contribution >= 4 is 54.9 Å². The third kappa shape index (κ3) is 7.30. The first-order valence-electron chi connectivity index (χ1n) is 20.7. The number of pyridine rings is 1. The minimum atomic E-state index is -0.291. The summed E-state index contributed by atoms with van der Waals surface area (Å²) in [5.74, 6) is 0.794. The first-order valence-corrected chi connectivity index (χ1v) is 20.7. The van der Waals surface area contributed by atoms with Crippen LogP contribution in [0.4, 0.5) is 4.39 Å². The van der Waals surface area contributed by atoms with Crippen molar-refractivity contribution in [2.45, 2.75) is 39.5 Å². The summed E-state index contributed by atoms with van der Waals surface area (Å²) in [6, 6.07) is 55.8. The maximum Gasteiger partial charge on any atom is 0.140 e. The molecular formula is C55H39FIrN4O2-2. The van der Waals surface area contributed by atoms with Gasteiger partial charge in [0.25, 0.3) is 0 Å². The predicted octanol–water partition coefficient (Wildman–Crippen LogP) is 14.8. The van der Waals surface area contributed by atoms with Gasteiger partial charge < -0.3 is 18.4 Å². The summed E-state index contributed by atoms with van der Waals surface area (Å²) in [6.45, 7) is 8.98. The third-order valence-electron chi connectivity index (χ3n) is 11.4. The fraction of sp³-hybridized carbons (Fsp3) is 0.109. The minimum Gasteiger partial charge on any atom is -0.500 e. The Morgan fingerprint density at radius 1 is 0.651 bits per heavy atom. The van der Waals surface area contributed by atoms with Crippen LogP contribution in [0.5, 0.6) is 0 Å². The molecule has 4 heterocycles. The molecule has 0 aliphatic rings. The Kier molecular flexibility index (Phi) is 11.1. The van der Waals surface area contributed by atoms with Crippen molar-refractivity contribution in [3.8, 4) is 45.5 Å². The molecule has 0 N–H and O–H groups in total. The Balaban J connectivity index is 0.000000309. The number of nitriles is 1. The molecule has 0 unspecified atom stereocenters. The topological polar surface area (TPSA) is 80.8 Å². The predicted molar refractivity (Wildman–Crippen MR) is 247 cm³/mol. The molecule has 0 atom stereocenters. The summed E-state index contributed by atoms with van der Waals surface area (Å²) in [4.78, 5) is 9.31. The summed E-state index contributed by atoms with van der Waals surface area (Å²) in [6.07, 6.45) is 1.63. The number of hydrogen-bond acceptors (Lipinski definition) is 5. The van der Waals surface area contributed by atoms with Gasteiger partial charge in [-0.15, -0.1) is 42.5 Å². The van der Waals surface area contributed by atoms with Gasteiger partial charge in [-0.2, -0.15) is 5.26 Å². The molecule has 4 aromatic heterocycles. The van der Waals surface area contributed by atoms with Crippen LogP contribution < -0.4 is 0 Å². The van der Waals surface area contributed by atoms with Crippen molar-refractivity contribution in [1.82, 2.24) is 14.5 Å². The molecule has 63 heavy (non-hydrogen) atoms. The van der Waals surface area contributed by atoms with Crippen molar-refractivity contribution in [2.24, 2.45) is 0 Å².